The van der Waals surface area contributed by atoms with Crippen LogP contribution in [-0.2, 0) is 4.74 Å². The second kappa shape index (κ2) is 7.47. The molecule has 25 heavy (non-hydrogen) atoms. The second-order valence-corrected chi connectivity index (χ2v) is 5.49. The fourth-order valence-electron chi connectivity index (χ4n) is 2.37. The highest BCUT2D eigenvalue weighted by atomic mass is 19.2. The average molecular weight is 352 g/mol. The number of halogens is 3. The minimum Gasteiger partial charge on any atom is -0.376 e. The van der Waals surface area contributed by atoms with Gasteiger partial charge in [-0.1, -0.05) is 0 Å². The third kappa shape index (κ3) is 4.05. The molecule has 0 saturated carbocycles. The van der Waals surface area contributed by atoms with Crippen molar-refractivity contribution in [1.82, 2.24) is 15.3 Å². The molecule has 0 radical (unpaired) electrons. The van der Waals surface area contributed by atoms with Crippen molar-refractivity contribution in [3.63, 3.8) is 0 Å². The summed E-state index contributed by atoms with van der Waals surface area (Å²) in [6.45, 7) is 1.10. The van der Waals surface area contributed by atoms with Crippen LogP contribution in [0.4, 0.5) is 24.8 Å². The standard InChI is InChI=1S/C16H15F3N4O2/c17-11-3-4-12(14(19)13(11)18)23-16-21-6-9(7-22-16)15(24)20-8-10-2-1-5-25-10/h3-4,6-7,10H,1-2,5,8H2,(H,20,24)(H,21,22,23). The van der Waals surface area contributed by atoms with E-state index in [0.29, 0.717) is 13.2 Å². The number of nitrogens with zero attached hydrogens (tertiary/aromatic N) is 2. The molecule has 0 aliphatic carbocycles. The van der Waals surface area contributed by atoms with Crippen molar-refractivity contribution >= 4 is 17.5 Å². The number of carbonyl (C=O) groups is 1. The third-order valence-corrected chi connectivity index (χ3v) is 3.71. The SMILES string of the molecule is O=C(NCC1CCCO1)c1cnc(Nc2ccc(F)c(F)c2F)nc1. The molecule has 132 valence electrons. The summed E-state index contributed by atoms with van der Waals surface area (Å²) in [5.74, 6) is -4.67. The first kappa shape index (κ1) is 17.2. The molecule has 1 aliphatic rings. The minimum absolute atomic E-state index is 0.0159. The van der Waals surface area contributed by atoms with E-state index in [9.17, 15) is 18.0 Å². The van der Waals surface area contributed by atoms with E-state index < -0.39 is 17.5 Å². The summed E-state index contributed by atoms with van der Waals surface area (Å²) in [5.41, 5.74) is -0.0937. The van der Waals surface area contributed by atoms with E-state index >= 15 is 0 Å². The van der Waals surface area contributed by atoms with Crippen molar-refractivity contribution in [2.75, 3.05) is 18.5 Å². The molecular weight excluding hydrogens is 337 g/mol. The van der Waals surface area contributed by atoms with Crippen molar-refractivity contribution in [2.24, 2.45) is 0 Å². The highest BCUT2D eigenvalue weighted by Crippen LogP contribution is 2.21. The monoisotopic (exact) mass is 352 g/mol. The van der Waals surface area contributed by atoms with Gasteiger partial charge in [-0.25, -0.2) is 23.1 Å². The van der Waals surface area contributed by atoms with Gasteiger partial charge in [0.25, 0.3) is 5.91 Å². The van der Waals surface area contributed by atoms with Gasteiger partial charge >= 0.3 is 0 Å². The van der Waals surface area contributed by atoms with Gasteiger partial charge < -0.3 is 15.4 Å². The van der Waals surface area contributed by atoms with Crippen molar-refractivity contribution < 1.29 is 22.7 Å². The molecule has 3 rings (SSSR count). The number of nitrogens with one attached hydrogen (secondary N) is 2. The number of hydrogen-bond donors (Lipinski definition) is 2. The number of rotatable bonds is 5. The molecule has 1 saturated heterocycles. The smallest absolute Gasteiger partial charge is 0.254 e. The second-order valence-electron chi connectivity index (χ2n) is 5.49. The van der Waals surface area contributed by atoms with Crippen molar-refractivity contribution in [2.45, 2.75) is 18.9 Å². The molecule has 1 aliphatic heterocycles. The maximum Gasteiger partial charge on any atom is 0.254 e. The summed E-state index contributed by atoms with van der Waals surface area (Å²) in [6.07, 6.45) is 4.39. The number of ether oxygens (including phenoxy) is 1. The molecule has 1 aromatic heterocycles. The summed E-state index contributed by atoms with van der Waals surface area (Å²) in [6, 6.07) is 1.81. The summed E-state index contributed by atoms with van der Waals surface area (Å²) in [5, 5.41) is 5.14. The molecule has 6 nitrogen and oxygen atoms in total. The van der Waals surface area contributed by atoms with Crippen LogP contribution in [0, 0.1) is 17.5 Å². The Balaban J connectivity index is 1.62. The first-order valence-electron chi connectivity index (χ1n) is 7.67. The van der Waals surface area contributed by atoms with Crippen LogP contribution in [0.1, 0.15) is 23.2 Å². The van der Waals surface area contributed by atoms with Gasteiger partial charge in [0.1, 0.15) is 0 Å². The maximum absolute atomic E-state index is 13.6. The summed E-state index contributed by atoms with van der Waals surface area (Å²) >= 11 is 0. The lowest BCUT2D eigenvalue weighted by atomic mass is 10.2. The Labute approximate surface area is 141 Å². The van der Waals surface area contributed by atoms with Crippen LogP contribution >= 0.6 is 0 Å². The first-order valence-corrected chi connectivity index (χ1v) is 7.67. The normalized spacial score (nSPS) is 16.7. The zero-order chi connectivity index (χ0) is 17.8. The van der Waals surface area contributed by atoms with Gasteiger partial charge in [0, 0.05) is 25.5 Å². The molecule has 2 N–H and O–H groups in total. The number of anilines is 2. The summed E-state index contributed by atoms with van der Waals surface area (Å²) < 4.78 is 45.1. The molecule has 1 unspecified atom stereocenters. The van der Waals surface area contributed by atoms with Crippen molar-refractivity contribution in [3.8, 4) is 0 Å². The Bertz CT molecular complexity index is 765. The fraction of sp³-hybridized carbons (Fsp3) is 0.312. The molecule has 1 aromatic carbocycles. The van der Waals surface area contributed by atoms with Gasteiger partial charge in [0.05, 0.1) is 17.4 Å². The van der Waals surface area contributed by atoms with Crippen LogP contribution in [0.25, 0.3) is 0 Å². The van der Waals surface area contributed by atoms with E-state index in [1.54, 1.807) is 0 Å². The van der Waals surface area contributed by atoms with Crippen LogP contribution in [0.3, 0.4) is 0 Å². The van der Waals surface area contributed by atoms with E-state index in [4.69, 9.17) is 4.74 Å². The predicted octanol–water partition coefficient (Wildman–Crippen LogP) is 2.55. The van der Waals surface area contributed by atoms with E-state index in [2.05, 4.69) is 20.6 Å². The van der Waals surface area contributed by atoms with Crippen molar-refractivity contribution in [1.29, 1.82) is 0 Å². The molecular formula is C16H15F3N4O2. The van der Waals surface area contributed by atoms with E-state index in [0.717, 1.165) is 25.0 Å². The van der Waals surface area contributed by atoms with Crippen LogP contribution in [0.2, 0.25) is 0 Å². The molecule has 9 heteroatoms. The molecule has 1 fully saturated rings. The number of benzene rings is 1. The minimum atomic E-state index is -1.59. The van der Waals surface area contributed by atoms with Gasteiger partial charge in [-0.05, 0) is 25.0 Å². The Hall–Kier alpha value is -2.68. The quantitative estimate of drug-likeness (QED) is 0.809. The van der Waals surface area contributed by atoms with Crippen LogP contribution in [0.5, 0.6) is 0 Å². The van der Waals surface area contributed by atoms with E-state index in [1.807, 2.05) is 0 Å². The fourth-order valence-corrected chi connectivity index (χ4v) is 2.37. The van der Waals surface area contributed by atoms with Crippen molar-refractivity contribution in [3.05, 3.63) is 47.5 Å². The van der Waals surface area contributed by atoms with Gasteiger partial charge in [0.15, 0.2) is 17.5 Å². The third-order valence-electron chi connectivity index (χ3n) is 3.71. The van der Waals surface area contributed by atoms with Crippen LogP contribution in [0.15, 0.2) is 24.5 Å². The Morgan fingerprint density at radius 3 is 2.64 bits per heavy atom. The molecule has 0 bridgehead atoms. The van der Waals surface area contributed by atoms with Gasteiger partial charge in [-0.3, -0.25) is 4.79 Å². The van der Waals surface area contributed by atoms with Gasteiger partial charge in [-0.2, -0.15) is 0 Å². The first-order chi connectivity index (χ1) is 12.0. The molecule has 0 spiro atoms. The lowest BCUT2D eigenvalue weighted by Gasteiger charge is -2.11. The topological polar surface area (TPSA) is 76.1 Å². The Morgan fingerprint density at radius 2 is 1.96 bits per heavy atom. The number of hydrogen-bond acceptors (Lipinski definition) is 5. The van der Waals surface area contributed by atoms with Crippen LogP contribution < -0.4 is 10.6 Å². The number of aromatic nitrogens is 2. The number of amides is 1. The maximum atomic E-state index is 13.6. The highest BCUT2D eigenvalue weighted by Gasteiger charge is 2.17. The largest absolute Gasteiger partial charge is 0.376 e. The lowest BCUT2D eigenvalue weighted by Crippen LogP contribution is -2.31. The summed E-state index contributed by atoms with van der Waals surface area (Å²) in [7, 11) is 0. The Kier molecular flexibility index (Phi) is 5.13. The predicted molar refractivity (Wildman–Crippen MR) is 82.9 cm³/mol. The molecule has 1 amide bonds. The highest BCUT2D eigenvalue weighted by molar-refractivity contribution is 5.93. The van der Waals surface area contributed by atoms with E-state index in [1.165, 1.54) is 12.4 Å². The zero-order valence-corrected chi connectivity index (χ0v) is 13.1. The zero-order valence-electron chi connectivity index (χ0n) is 13.1. The number of carbonyl (C=O) groups excluding carboxylic acids is 1. The lowest BCUT2D eigenvalue weighted by molar-refractivity contribution is 0.0857. The average Bonchev–Trinajstić information content (AvgIpc) is 3.14. The molecule has 2 heterocycles. The molecule has 2 aromatic rings. The summed E-state index contributed by atoms with van der Waals surface area (Å²) in [4.78, 5) is 19.7. The van der Waals surface area contributed by atoms with Crippen LogP contribution in [-0.4, -0.2) is 35.1 Å². The van der Waals surface area contributed by atoms with Gasteiger partial charge in [0.2, 0.25) is 5.95 Å². The molecule has 1 atom stereocenters. The van der Waals surface area contributed by atoms with Gasteiger partial charge in [-0.15, -0.1) is 0 Å². The van der Waals surface area contributed by atoms with E-state index in [-0.39, 0.29) is 29.2 Å². The Morgan fingerprint density at radius 1 is 1.20 bits per heavy atom.